The van der Waals surface area contributed by atoms with Crippen molar-refractivity contribution in [3.63, 3.8) is 0 Å². The molecule has 0 unspecified atom stereocenters. The summed E-state index contributed by atoms with van der Waals surface area (Å²) in [5.74, 6) is 1.11. The quantitative estimate of drug-likeness (QED) is 0.590. The molecule has 0 aliphatic rings. The molecule has 2 aromatic carbocycles. The largest absolute Gasteiger partial charge is 0.485 e. The molecular weight excluding hydrogens is 254 g/mol. The Morgan fingerprint density at radius 1 is 1.00 bits per heavy atom. The van der Waals surface area contributed by atoms with Crippen LogP contribution in [0.4, 0.5) is 5.69 Å². The van der Waals surface area contributed by atoms with Crippen molar-refractivity contribution < 1.29 is 14.2 Å². The van der Waals surface area contributed by atoms with Crippen LogP contribution in [-0.4, -0.2) is 13.9 Å². The molecule has 0 N–H and O–H groups in total. The van der Waals surface area contributed by atoms with Crippen LogP contribution in [0.1, 0.15) is 5.56 Å². The van der Waals surface area contributed by atoms with Gasteiger partial charge in [0.15, 0.2) is 24.0 Å². The van der Waals surface area contributed by atoms with E-state index in [1.165, 1.54) is 0 Å². The third-order valence-corrected chi connectivity index (χ3v) is 2.63. The predicted octanol–water partition coefficient (Wildman–Crippen LogP) is 3.80. The molecule has 0 aliphatic heterocycles. The molecule has 102 valence electrons. The van der Waals surface area contributed by atoms with E-state index >= 15 is 0 Å². The number of hydrogen-bond acceptors (Lipinski definition) is 3. The zero-order chi connectivity index (χ0) is 14.2. The molecule has 0 bridgehead atoms. The van der Waals surface area contributed by atoms with Crippen molar-refractivity contribution in [2.75, 3.05) is 13.9 Å². The average molecular weight is 269 g/mol. The van der Waals surface area contributed by atoms with E-state index in [1.807, 2.05) is 30.3 Å². The number of rotatable bonds is 6. The molecule has 0 saturated carbocycles. The van der Waals surface area contributed by atoms with Crippen molar-refractivity contribution in [1.29, 1.82) is 0 Å². The van der Waals surface area contributed by atoms with E-state index < -0.39 is 0 Å². The Kier molecular flexibility index (Phi) is 4.99. The standard InChI is InChI=1S/C16H15NO3/c1-17-14-8-9-15(16(10-14)20-12-18-2)19-11-13-6-4-3-5-7-13/h3-10H,11-12H2,2H3. The van der Waals surface area contributed by atoms with Gasteiger partial charge < -0.3 is 14.2 Å². The van der Waals surface area contributed by atoms with E-state index in [2.05, 4.69) is 4.85 Å². The Labute approximate surface area is 118 Å². The Morgan fingerprint density at radius 3 is 2.50 bits per heavy atom. The lowest BCUT2D eigenvalue weighted by molar-refractivity contribution is 0.0484. The Bertz CT molecular complexity index is 590. The molecule has 0 radical (unpaired) electrons. The van der Waals surface area contributed by atoms with E-state index in [0.29, 0.717) is 23.8 Å². The lowest BCUT2D eigenvalue weighted by Gasteiger charge is -2.12. The summed E-state index contributed by atoms with van der Waals surface area (Å²) in [5.41, 5.74) is 1.57. The van der Waals surface area contributed by atoms with Crippen LogP contribution in [0.2, 0.25) is 0 Å². The molecule has 0 fully saturated rings. The van der Waals surface area contributed by atoms with E-state index in [0.717, 1.165) is 5.56 Å². The lowest BCUT2D eigenvalue weighted by atomic mass is 10.2. The minimum absolute atomic E-state index is 0.114. The topological polar surface area (TPSA) is 32.0 Å². The van der Waals surface area contributed by atoms with Crippen LogP contribution in [0.25, 0.3) is 4.85 Å². The monoisotopic (exact) mass is 269 g/mol. The fourth-order valence-corrected chi connectivity index (χ4v) is 1.66. The molecule has 20 heavy (non-hydrogen) atoms. The first-order valence-corrected chi connectivity index (χ1v) is 6.13. The smallest absolute Gasteiger partial charge is 0.191 e. The highest BCUT2D eigenvalue weighted by Gasteiger charge is 2.07. The summed E-state index contributed by atoms with van der Waals surface area (Å²) in [7, 11) is 1.54. The summed E-state index contributed by atoms with van der Waals surface area (Å²) in [4.78, 5) is 3.37. The van der Waals surface area contributed by atoms with Gasteiger partial charge in [-0.3, -0.25) is 0 Å². The molecule has 2 rings (SSSR count). The summed E-state index contributed by atoms with van der Waals surface area (Å²) < 4.78 is 16.0. The summed E-state index contributed by atoms with van der Waals surface area (Å²) in [6.07, 6.45) is 0. The Hall–Kier alpha value is -2.51. The van der Waals surface area contributed by atoms with Gasteiger partial charge in [-0.25, -0.2) is 4.85 Å². The van der Waals surface area contributed by atoms with E-state index in [9.17, 15) is 0 Å². The van der Waals surface area contributed by atoms with Crippen LogP contribution in [0.3, 0.4) is 0 Å². The SMILES string of the molecule is [C-]#[N+]c1ccc(OCc2ccccc2)c(OCOC)c1. The Balaban J connectivity index is 2.11. The molecule has 0 aromatic heterocycles. The molecule has 0 aliphatic carbocycles. The number of benzene rings is 2. The van der Waals surface area contributed by atoms with Crippen LogP contribution >= 0.6 is 0 Å². The van der Waals surface area contributed by atoms with E-state index in [4.69, 9.17) is 20.8 Å². The highest BCUT2D eigenvalue weighted by atomic mass is 16.7. The predicted molar refractivity (Wildman–Crippen MR) is 76.0 cm³/mol. The minimum Gasteiger partial charge on any atom is -0.485 e. The first kappa shape index (κ1) is 13.9. The Morgan fingerprint density at radius 2 is 1.80 bits per heavy atom. The molecule has 0 heterocycles. The van der Waals surface area contributed by atoms with Gasteiger partial charge in [0.25, 0.3) is 0 Å². The second kappa shape index (κ2) is 7.17. The highest BCUT2D eigenvalue weighted by Crippen LogP contribution is 2.32. The van der Waals surface area contributed by atoms with Crippen LogP contribution < -0.4 is 9.47 Å². The average Bonchev–Trinajstić information content (AvgIpc) is 2.52. The first-order valence-electron chi connectivity index (χ1n) is 6.13. The van der Waals surface area contributed by atoms with Gasteiger partial charge in [-0.15, -0.1) is 0 Å². The van der Waals surface area contributed by atoms with Gasteiger partial charge in [0.05, 0.1) is 6.57 Å². The van der Waals surface area contributed by atoms with Gasteiger partial charge >= 0.3 is 0 Å². The summed E-state index contributed by atoms with van der Waals surface area (Å²) in [5, 5.41) is 0. The normalized spacial score (nSPS) is 9.80. The van der Waals surface area contributed by atoms with Crippen molar-refractivity contribution in [2.24, 2.45) is 0 Å². The van der Waals surface area contributed by atoms with Gasteiger partial charge in [0.1, 0.15) is 6.61 Å². The van der Waals surface area contributed by atoms with Crippen molar-refractivity contribution in [1.82, 2.24) is 0 Å². The van der Waals surface area contributed by atoms with Gasteiger partial charge in [0, 0.05) is 7.11 Å². The maximum Gasteiger partial charge on any atom is 0.191 e. The molecule has 2 aromatic rings. The number of methoxy groups -OCH3 is 1. The maximum absolute atomic E-state index is 7.02. The molecular formula is C16H15NO3. The van der Waals surface area contributed by atoms with Crippen molar-refractivity contribution in [3.05, 3.63) is 65.5 Å². The van der Waals surface area contributed by atoms with E-state index in [1.54, 1.807) is 25.3 Å². The number of ether oxygens (including phenoxy) is 3. The van der Waals surface area contributed by atoms with Crippen LogP contribution in [0.5, 0.6) is 11.5 Å². The minimum atomic E-state index is 0.114. The second-order valence-electron chi connectivity index (χ2n) is 4.07. The lowest BCUT2D eigenvalue weighted by Crippen LogP contribution is -2.02. The zero-order valence-corrected chi connectivity index (χ0v) is 11.2. The second-order valence-corrected chi connectivity index (χ2v) is 4.07. The zero-order valence-electron chi connectivity index (χ0n) is 11.2. The molecule has 0 amide bonds. The van der Waals surface area contributed by atoms with Gasteiger partial charge in [-0.1, -0.05) is 36.4 Å². The highest BCUT2D eigenvalue weighted by molar-refractivity contribution is 5.55. The maximum atomic E-state index is 7.02. The molecule has 0 saturated heterocycles. The van der Waals surface area contributed by atoms with Crippen LogP contribution in [-0.2, 0) is 11.3 Å². The molecule has 4 heteroatoms. The van der Waals surface area contributed by atoms with Gasteiger partial charge in [-0.2, -0.15) is 0 Å². The number of nitrogens with zero attached hydrogens (tertiary/aromatic N) is 1. The third kappa shape index (κ3) is 3.74. The van der Waals surface area contributed by atoms with Crippen molar-refractivity contribution >= 4 is 5.69 Å². The summed E-state index contributed by atoms with van der Waals surface area (Å²) in [6.45, 7) is 7.58. The van der Waals surface area contributed by atoms with Crippen molar-refractivity contribution in [3.8, 4) is 11.5 Å². The molecule has 0 spiro atoms. The van der Waals surface area contributed by atoms with Crippen LogP contribution in [0.15, 0.2) is 48.5 Å². The third-order valence-electron chi connectivity index (χ3n) is 2.63. The van der Waals surface area contributed by atoms with E-state index in [-0.39, 0.29) is 6.79 Å². The first-order chi connectivity index (χ1) is 9.83. The summed E-state index contributed by atoms with van der Waals surface area (Å²) >= 11 is 0. The molecule has 0 atom stereocenters. The summed E-state index contributed by atoms with van der Waals surface area (Å²) in [6, 6.07) is 14.9. The number of hydrogen-bond donors (Lipinski definition) is 0. The van der Waals surface area contributed by atoms with Crippen molar-refractivity contribution in [2.45, 2.75) is 6.61 Å². The molecule has 4 nitrogen and oxygen atoms in total. The fourth-order valence-electron chi connectivity index (χ4n) is 1.66. The van der Waals surface area contributed by atoms with Gasteiger partial charge in [-0.05, 0) is 17.7 Å². The fraction of sp³-hybridized carbons (Fsp3) is 0.188. The van der Waals surface area contributed by atoms with Crippen LogP contribution in [0, 0.1) is 6.57 Å². The van der Waals surface area contributed by atoms with Gasteiger partial charge in [0.2, 0.25) is 0 Å².